The highest BCUT2D eigenvalue weighted by molar-refractivity contribution is 6.42. The Balaban J connectivity index is 1.61. The summed E-state index contributed by atoms with van der Waals surface area (Å²) >= 11 is 12.7. The number of ether oxygens (including phenoxy) is 2. The number of benzene rings is 2. The van der Waals surface area contributed by atoms with Gasteiger partial charge in [0.15, 0.2) is 0 Å². The van der Waals surface area contributed by atoms with E-state index in [0.29, 0.717) is 36.3 Å². The van der Waals surface area contributed by atoms with Gasteiger partial charge in [-0.25, -0.2) is 4.79 Å². The third-order valence-corrected chi connectivity index (χ3v) is 6.28. The number of hydrogen-bond donors (Lipinski definition) is 0. The van der Waals surface area contributed by atoms with Gasteiger partial charge in [-0.15, -0.1) is 0 Å². The zero-order valence-corrected chi connectivity index (χ0v) is 20.2. The summed E-state index contributed by atoms with van der Waals surface area (Å²) in [5.41, 5.74) is 2.94. The molecular formula is C25H28Cl2N2O3. The first-order valence-corrected chi connectivity index (χ1v) is 11.6. The molecule has 0 bridgehead atoms. The average Bonchev–Trinajstić information content (AvgIpc) is 2.88. The van der Waals surface area contributed by atoms with Gasteiger partial charge < -0.3 is 18.9 Å². The summed E-state index contributed by atoms with van der Waals surface area (Å²) in [5.74, 6) is 0.840. The van der Waals surface area contributed by atoms with Gasteiger partial charge in [0.1, 0.15) is 18.0 Å². The van der Waals surface area contributed by atoms with Gasteiger partial charge in [0, 0.05) is 30.6 Å². The molecule has 0 saturated carbocycles. The maximum absolute atomic E-state index is 12.7. The largest absolute Gasteiger partial charge is 0.492 e. The second-order valence-electron chi connectivity index (χ2n) is 8.99. The summed E-state index contributed by atoms with van der Waals surface area (Å²) in [6, 6.07) is 13.7. The number of para-hydroxylation sites is 1. The Kier molecular flexibility index (Phi) is 6.59. The lowest BCUT2D eigenvalue weighted by Gasteiger charge is -2.26. The van der Waals surface area contributed by atoms with Gasteiger partial charge in [0.05, 0.1) is 22.1 Å². The van der Waals surface area contributed by atoms with E-state index in [9.17, 15) is 4.79 Å². The van der Waals surface area contributed by atoms with Crippen molar-refractivity contribution in [2.24, 2.45) is 0 Å². The number of carbonyl (C=O) groups is 1. The van der Waals surface area contributed by atoms with E-state index in [-0.39, 0.29) is 6.09 Å². The lowest BCUT2D eigenvalue weighted by atomic mass is 10.1. The lowest BCUT2D eigenvalue weighted by Crippen LogP contribution is -2.38. The van der Waals surface area contributed by atoms with Crippen LogP contribution in [-0.4, -0.2) is 40.9 Å². The first kappa shape index (κ1) is 22.8. The number of carbonyl (C=O) groups excluding carboxylic acids is 1. The molecule has 0 unspecified atom stereocenters. The van der Waals surface area contributed by atoms with Crippen LogP contribution in [0.15, 0.2) is 42.5 Å². The highest BCUT2D eigenvalue weighted by Crippen LogP contribution is 2.35. The number of amides is 1. The van der Waals surface area contributed by atoms with Crippen molar-refractivity contribution < 1.29 is 14.3 Å². The topological polar surface area (TPSA) is 43.7 Å². The van der Waals surface area contributed by atoms with E-state index < -0.39 is 5.60 Å². The molecule has 2 heterocycles. The van der Waals surface area contributed by atoms with Gasteiger partial charge in [-0.2, -0.15) is 0 Å². The number of rotatable bonds is 4. The van der Waals surface area contributed by atoms with Crippen LogP contribution in [0.3, 0.4) is 0 Å². The van der Waals surface area contributed by atoms with E-state index >= 15 is 0 Å². The maximum atomic E-state index is 12.7. The van der Waals surface area contributed by atoms with Crippen LogP contribution in [0.4, 0.5) is 4.79 Å². The molecule has 4 rings (SSSR count). The smallest absolute Gasteiger partial charge is 0.410 e. The van der Waals surface area contributed by atoms with Gasteiger partial charge in [-0.1, -0.05) is 41.4 Å². The summed E-state index contributed by atoms with van der Waals surface area (Å²) in [4.78, 5) is 14.4. The third kappa shape index (κ3) is 5.00. The average molecular weight is 475 g/mol. The van der Waals surface area contributed by atoms with Gasteiger partial charge in [-0.05, 0) is 57.0 Å². The molecule has 0 atom stereocenters. The molecule has 0 aliphatic carbocycles. The van der Waals surface area contributed by atoms with Crippen LogP contribution in [0.25, 0.3) is 10.9 Å². The van der Waals surface area contributed by atoms with Gasteiger partial charge >= 0.3 is 6.09 Å². The minimum Gasteiger partial charge on any atom is -0.492 e. The van der Waals surface area contributed by atoms with Crippen molar-refractivity contribution >= 4 is 40.2 Å². The molecule has 0 fully saturated rings. The molecule has 5 nitrogen and oxygen atoms in total. The molecule has 0 N–H and O–H groups in total. The van der Waals surface area contributed by atoms with Crippen molar-refractivity contribution in [2.75, 3.05) is 19.7 Å². The van der Waals surface area contributed by atoms with Gasteiger partial charge in [0.25, 0.3) is 0 Å². The fourth-order valence-corrected chi connectivity index (χ4v) is 4.49. The molecule has 1 amide bonds. The summed E-state index contributed by atoms with van der Waals surface area (Å²) < 4.78 is 13.8. The van der Waals surface area contributed by atoms with E-state index in [4.69, 9.17) is 32.7 Å². The SMILES string of the molecule is CC(C)(C)OC(=O)N1CCc2c(n(CCOc3ccccc3)c3cc(Cl)c(Cl)cc23)CC1. The van der Waals surface area contributed by atoms with Crippen molar-refractivity contribution in [3.63, 3.8) is 0 Å². The molecule has 2 aromatic carbocycles. The minimum atomic E-state index is -0.517. The van der Waals surface area contributed by atoms with Crippen LogP contribution in [0.2, 0.25) is 10.0 Å². The molecule has 1 aliphatic heterocycles. The molecule has 0 radical (unpaired) electrons. The van der Waals surface area contributed by atoms with E-state index in [1.165, 1.54) is 11.3 Å². The fourth-order valence-electron chi connectivity index (χ4n) is 4.17. The maximum Gasteiger partial charge on any atom is 0.410 e. The highest BCUT2D eigenvalue weighted by atomic mass is 35.5. The molecule has 32 heavy (non-hydrogen) atoms. The Morgan fingerprint density at radius 2 is 1.72 bits per heavy atom. The molecular weight excluding hydrogens is 447 g/mol. The first-order valence-electron chi connectivity index (χ1n) is 10.9. The zero-order valence-electron chi connectivity index (χ0n) is 18.7. The van der Waals surface area contributed by atoms with E-state index in [1.54, 1.807) is 4.90 Å². The van der Waals surface area contributed by atoms with Crippen LogP contribution >= 0.6 is 23.2 Å². The van der Waals surface area contributed by atoms with Crippen molar-refractivity contribution in [3.05, 3.63) is 63.8 Å². The van der Waals surface area contributed by atoms with E-state index in [1.807, 2.05) is 63.2 Å². The van der Waals surface area contributed by atoms with Crippen LogP contribution in [0, 0.1) is 0 Å². The Labute approximate surface area is 198 Å². The predicted octanol–water partition coefficient (Wildman–Crippen LogP) is 6.36. The molecule has 170 valence electrons. The number of aromatic nitrogens is 1. The van der Waals surface area contributed by atoms with Crippen LogP contribution in [0.1, 0.15) is 32.0 Å². The van der Waals surface area contributed by atoms with E-state index in [2.05, 4.69) is 4.57 Å². The van der Waals surface area contributed by atoms with Crippen molar-refractivity contribution in [3.8, 4) is 5.75 Å². The van der Waals surface area contributed by atoms with Gasteiger partial charge in [-0.3, -0.25) is 0 Å². The number of hydrogen-bond acceptors (Lipinski definition) is 3. The van der Waals surface area contributed by atoms with E-state index in [0.717, 1.165) is 29.5 Å². The number of fused-ring (bicyclic) bond motifs is 3. The monoisotopic (exact) mass is 474 g/mol. The number of nitrogens with zero attached hydrogens (tertiary/aromatic N) is 2. The van der Waals surface area contributed by atoms with Crippen molar-refractivity contribution in [2.45, 2.75) is 45.8 Å². The van der Waals surface area contributed by atoms with Crippen LogP contribution < -0.4 is 4.74 Å². The van der Waals surface area contributed by atoms with Crippen molar-refractivity contribution in [1.29, 1.82) is 0 Å². The molecule has 1 aromatic heterocycles. The second-order valence-corrected chi connectivity index (χ2v) is 9.80. The van der Waals surface area contributed by atoms with Crippen LogP contribution in [0.5, 0.6) is 5.75 Å². The third-order valence-electron chi connectivity index (χ3n) is 5.56. The number of halogens is 2. The Morgan fingerprint density at radius 3 is 2.44 bits per heavy atom. The molecule has 1 aliphatic rings. The quantitative estimate of drug-likeness (QED) is 0.441. The molecule has 0 saturated heterocycles. The predicted molar refractivity (Wildman–Crippen MR) is 129 cm³/mol. The Hall–Kier alpha value is -2.37. The highest BCUT2D eigenvalue weighted by Gasteiger charge is 2.27. The zero-order chi connectivity index (χ0) is 22.9. The first-order chi connectivity index (χ1) is 15.2. The Morgan fingerprint density at radius 1 is 1.03 bits per heavy atom. The van der Waals surface area contributed by atoms with Crippen LogP contribution in [-0.2, 0) is 24.1 Å². The molecule has 3 aromatic rings. The summed E-state index contributed by atoms with van der Waals surface area (Å²) in [5, 5.41) is 2.15. The fraction of sp³-hybridized carbons (Fsp3) is 0.400. The summed E-state index contributed by atoms with van der Waals surface area (Å²) in [7, 11) is 0. The summed E-state index contributed by atoms with van der Waals surface area (Å²) in [6.45, 7) is 8.05. The Bertz CT molecular complexity index is 1120. The standard InChI is InChI=1S/C25H28Cl2N2O3/c1-25(2,3)32-24(30)28-11-9-18-19-15-20(26)21(27)16-23(19)29(22(18)10-12-28)13-14-31-17-7-5-4-6-8-17/h4-8,15-16H,9-14H2,1-3H3. The van der Waals surface area contributed by atoms with Gasteiger partial charge in [0.2, 0.25) is 0 Å². The summed E-state index contributed by atoms with van der Waals surface area (Å²) in [6.07, 6.45) is 1.19. The second kappa shape index (κ2) is 9.24. The molecule has 0 spiro atoms. The lowest BCUT2D eigenvalue weighted by molar-refractivity contribution is 0.0258. The molecule has 7 heteroatoms. The normalized spacial score (nSPS) is 14.2. The van der Waals surface area contributed by atoms with Crippen molar-refractivity contribution in [1.82, 2.24) is 9.47 Å². The minimum absolute atomic E-state index is 0.271.